The van der Waals surface area contributed by atoms with Gasteiger partial charge in [-0.2, -0.15) is 0 Å². The summed E-state index contributed by atoms with van der Waals surface area (Å²) in [5, 5.41) is 1.33. The number of halogens is 2. The second-order valence-electron chi connectivity index (χ2n) is 5.12. The number of hydrogen-bond acceptors (Lipinski definition) is 2. The SMILES string of the molecule is O=C(CC1CC1)N1CCSC1c1ccc(Cl)cc1Cl. The Hall–Kier alpha value is -0.380. The Kier molecular flexibility index (Phi) is 3.97. The molecule has 1 aromatic rings. The first-order valence-corrected chi connectivity index (χ1v) is 8.31. The molecule has 1 atom stereocenters. The molecule has 102 valence electrons. The van der Waals surface area contributed by atoms with E-state index in [-0.39, 0.29) is 11.3 Å². The first-order valence-electron chi connectivity index (χ1n) is 6.51. The zero-order valence-electron chi connectivity index (χ0n) is 10.4. The van der Waals surface area contributed by atoms with Crippen molar-refractivity contribution < 1.29 is 4.79 Å². The van der Waals surface area contributed by atoms with E-state index in [4.69, 9.17) is 23.2 Å². The second kappa shape index (κ2) is 5.55. The molecule has 3 rings (SSSR count). The van der Waals surface area contributed by atoms with Gasteiger partial charge in [-0.3, -0.25) is 4.79 Å². The van der Waals surface area contributed by atoms with Crippen molar-refractivity contribution >= 4 is 40.9 Å². The van der Waals surface area contributed by atoms with E-state index in [0.29, 0.717) is 22.4 Å². The van der Waals surface area contributed by atoms with E-state index in [0.717, 1.165) is 17.9 Å². The lowest BCUT2D eigenvalue weighted by Crippen LogP contribution is -2.30. The summed E-state index contributed by atoms with van der Waals surface area (Å²) in [4.78, 5) is 14.3. The minimum Gasteiger partial charge on any atom is -0.326 e. The molecule has 1 saturated heterocycles. The number of amides is 1. The highest BCUT2D eigenvalue weighted by Crippen LogP contribution is 2.43. The molecule has 5 heteroatoms. The van der Waals surface area contributed by atoms with Gasteiger partial charge in [-0.1, -0.05) is 29.3 Å². The van der Waals surface area contributed by atoms with Crippen molar-refractivity contribution in [3.63, 3.8) is 0 Å². The van der Waals surface area contributed by atoms with Crippen LogP contribution in [-0.4, -0.2) is 23.1 Å². The highest BCUT2D eigenvalue weighted by molar-refractivity contribution is 7.99. The molecule has 0 bridgehead atoms. The lowest BCUT2D eigenvalue weighted by Gasteiger charge is -2.25. The monoisotopic (exact) mass is 315 g/mol. The molecular weight excluding hydrogens is 301 g/mol. The third-order valence-electron chi connectivity index (χ3n) is 3.60. The van der Waals surface area contributed by atoms with Crippen LogP contribution >= 0.6 is 35.0 Å². The van der Waals surface area contributed by atoms with Crippen molar-refractivity contribution in [3.05, 3.63) is 33.8 Å². The smallest absolute Gasteiger partial charge is 0.224 e. The molecule has 2 nitrogen and oxygen atoms in total. The van der Waals surface area contributed by atoms with E-state index in [2.05, 4.69) is 0 Å². The average molecular weight is 316 g/mol. The molecular formula is C14H15Cl2NOS. The molecule has 2 fully saturated rings. The van der Waals surface area contributed by atoms with Gasteiger partial charge in [0.15, 0.2) is 0 Å². The van der Waals surface area contributed by atoms with Crippen molar-refractivity contribution in [1.82, 2.24) is 4.90 Å². The zero-order valence-corrected chi connectivity index (χ0v) is 12.8. The summed E-state index contributed by atoms with van der Waals surface area (Å²) < 4.78 is 0. The molecule has 1 amide bonds. The molecule has 0 spiro atoms. The second-order valence-corrected chi connectivity index (χ2v) is 7.16. The average Bonchev–Trinajstić information content (AvgIpc) is 3.04. The van der Waals surface area contributed by atoms with E-state index < -0.39 is 0 Å². The third kappa shape index (κ3) is 3.04. The van der Waals surface area contributed by atoms with Crippen LogP contribution < -0.4 is 0 Å². The number of carbonyl (C=O) groups excluding carboxylic acids is 1. The van der Waals surface area contributed by atoms with Gasteiger partial charge in [-0.15, -0.1) is 11.8 Å². The predicted octanol–water partition coefficient (Wildman–Crippen LogP) is 4.37. The van der Waals surface area contributed by atoms with Gasteiger partial charge in [0.1, 0.15) is 5.37 Å². The summed E-state index contributed by atoms with van der Waals surface area (Å²) >= 11 is 14.0. The fraction of sp³-hybridized carbons (Fsp3) is 0.500. The highest BCUT2D eigenvalue weighted by Gasteiger charge is 2.34. The Bertz CT molecular complexity index is 504. The van der Waals surface area contributed by atoms with Crippen LogP contribution in [0.2, 0.25) is 10.0 Å². The highest BCUT2D eigenvalue weighted by atomic mass is 35.5. The molecule has 1 aromatic carbocycles. The summed E-state index contributed by atoms with van der Waals surface area (Å²) in [5.41, 5.74) is 0.998. The van der Waals surface area contributed by atoms with Crippen molar-refractivity contribution in [2.75, 3.05) is 12.3 Å². The molecule has 2 aliphatic rings. The number of nitrogens with zero attached hydrogens (tertiary/aromatic N) is 1. The van der Waals surface area contributed by atoms with Gasteiger partial charge in [0.25, 0.3) is 0 Å². The van der Waals surface area contributed by atoms with Crippen LogP contribution in [0.1, 0.15) is 30.2 Å². The molecule has 1 saturated carbocycles. The fourth-order valence-corrected chi connectivity index (χ4v) is 4.26. The van der Waals surface area contributed by atoms with Crippen LogP contribution in [-0.2, 0) is 4.79 Å². The molecule has 0 N–H and O–H groups in total. The van der Waals surface area contributed by atoms with Gasteiger partial charge < -0.3 is 4.90 Å². The molecule has 1 unspecified atom stereocenters. The van der Waals surface area contributed by atoms with Crippen molar-refractivity contribution in [1.29, 1.82) is 0 Å². The molecule has 19 heavy (non-hydrogen) atoms. The Labute approximate surface area is 127 Å². The maximum absolute atomic E-state index is 12.3. The Morgan fingerprint density at radius 1 is 1.37 bits per heavy atom. The molecule has 1 aliphatic heterocycles. The van der Waals surface area contributed by atoms with E-state index in [1.165, 1.54) is 12.8 Å². The molecule has 1 aliphatic carbocycles. The van der Waals surface area contributed by atoms with E-state index in [1.54, 1.807) is 17.8 Å². The maximum Gasteiger partial charge on any atom is 0.224 e. The van der Waals surface area contributed by atoms with Crippen molar-refractivity contribution in [3.8, 4) is 0 Å². The number of benzene rings is 1. The fourth-order valence-electron chi connectivity index (χ4n) is 2.37. The van der Waals surface area contributed by atoms with Gasteiger partial charge in [0, 0.05) is 34.3 Å². The van der Waals surface area contributed by atoms with E-state index >= 15 is 0 Å². The summed E-state index contributed by atoms with van der Waals surface area (Å²) in [6.45, 7) is 0.819. The van der Waals surface area contributed by atoms with Gasteiger partial charge >= 0.3 is 0 Å². The Morgan fingerprint density at radius 2 is 2.16 bits per heavy atom. The summed E-state index contributed by atoms with van der Waals surface area (Å²) in [6.07, 6.45) is 3.11. The first-order chi connectivity index (χ1) is 9.15. The Balaban J connectivity index is 1.79. The number of hydrogen-bond donors (Lipinski definition) is 0. The van der Waals surface area contributed by atoms with Gasteiger partial charge in [-0.05, 0) is 30.9 Å². The van der Waals surface area contributed by atoms with Crippen LogP contribution in [0.25, 0.3) is 0 Å². The van der Waals surface area contributed by atoms with Crippen LogP contribution in [0.3, 0.4) is 0 Å². The third-order valence-corrected chi connectivity index (χ3v) is 5.40. The van der Waals surface area contributed by atoms with Crippen LogP contribution in [0.4, 0.5) is 0 Å². The van der Waals surface area contributed by atoms with E-state index in [9.17, 15) is 4.79 Å². The van der Waals surface area contributed by atoms with Gasteiger partial charge in [0.05, 0.1) is 0 Å². The van der Waals surface area contributed by atoms with Crippen molar-refractivity contribution in [2.24, 2.45) is 5.92 Å². The summed E-state index contributed by atoms with van der Waals surface area (Å²) in [7, 11) is 0. The van der Waals surface area contributed by atoms with E-state index in [1.807, 2.05) is 17.0 Å². The normalized spacial score (nSPS) is 22.8. The predicted molar refractivity (Wildman–Crippen MR) is 80.7 cm³/mol. The zero-order chi connectivity index (χ0) is 13.4. The first kappa shape index (κ1) is 13.6. The number of carbonyl (C=O) groups is 1. The van der Waals surface area contributed by atoms with Crippen LogP contribution in [0.15, 0.2) is 18.2 Å². The number of thioether (sulfide) groups is 1. The van der Waals surface area contributed by atoms with Crippen LogP contribution in [0.5, 0.6) is 0 Å². The lowest BCUT2D eigenvalue weighted by atomic mass is 10.2. The molecule has 0 aromatic heterocycles. The minimum atomic E-state index is 0.0519. The Morgan fingerprint density at radius 3 is 2.84 bits per heavy atom. The van der Waals surface area contributed by atoms with Crippen molar-refractivity contribution in [2.45, 2.75) is 24.6 Å². The summed E-state index contributed by atoms with van der Waals surface area (Å²) in [5.74, 6) is 1.86. The van der Waals surface area contributed by atoms with Gasteiger partial charge in [0.2, 0.25) is 5.91 Å². The summed E-state index contributed by atoms with van der Waals surface area (Å²) in [6, 6.07) is 5.52. The minimum absolute atomic E-state index is 0.0519. The van der Waals surface area contributed by atoms with Gasteiger partial charge in [-0.25, -0.2) is 0 Å². The molecule has 1 heterocycles. The molecule has 0 radical (unpaired) electrons. The topological polar surface area (TPSA) is 20.3 Å². The standard InChI is InChI=1S/C14H15Cl2NOS/c15-10-3-4-11(12(16)8-10)14-17(5-6-19-14)13(18)7-9-1-2-9/h3-4,8-9,14H,1-2,5-7H2. The quantitative estimate of drug-likeness (QED) is 0.825. The maximum atomic E-state index is 12.3. The largest absolute Gasteiger partial charge is 0.326 e. The van der Waals surface area contributed by atoms with Crippen LogP contribution in [0, 0.1) is 5.92 Å². The number of rotatable bonds is 3. The lowest BCUT2D eigenvalue weighted by molar-refractivity contribution is -0.131.